The van der Waals surface area contributed by atoms with Crippen molar-refractivity contribution in [3.8, 4) is 0 Å². The third-order valence-corrected chi connectivity index (χ3v) is 4.23. The minimum Gasteiger partial charge on any atom is -0.381 e. The van der Waals surface area contributed by atoms with Crippen molar-refractivity contribution in [3.63, 3.8) is 0 Å². The monoisotopic (exact) mass is 405 g/mol. The molecule has 0 heterocycles. The van der Waals surface area contributed by atoms with Crippen LogP contribution >= 0.6 is 0 Å². The summed E-state index contributed by atoms with van der Waals surface area (Å²) in [5, 5.41) is 3.51. The van der Waals surface area contributed by atoms with E-state index in [-0.39, 0.29) is 0 Å². The lowest BCUT2D eigenvalue weighted by Crippen LogP contribution is -2.01. The number of unbranched alkanes of at least 4 members (excludes halogenated alkanes) is 2. The molecule has 1 nitrogen and oxygen atoms in total. The topological polar surface area (TPSA) is 12.0 Å². The molecule has 0 aliphatic carbocycles. The molecule has 2 aromatic carbocycles. The summed E-state index contributed by atoms with van der Waals surface area (Å²) in [4.78, 5) is 0. The number of halogens is 1. The zero-order valence-electron chi connectivity index (χ0n) is 21.0. The smallest absolute Gasteiger partial charge is 0.0785 e. The quantitative estimate of drug-likeness (QED) is 0.504. The molecule has 2 heteroatoms. The Kier molecular flexibility index (Phi) is 26.6. The molecule has 0 aliphatic rings. The van der Waals surface area contributed by atoms with Crippen molar-refractivity contribution >= 4 is 5.69 Å². The van der Waals surface area contributed by atoms with Gasteiger partial charge in [-0.3, -0.25) is 4.39 Å². The fourth-order valence-corrected chi connectivity index (χ4v) is 2.39. The molecule has 0 aliphatic heterocycles. The van der Waals surface area contributed by atoms with E-state index in [9.17, 15) is 4.39 Å². The second-order valence-corrected chi connectivity index (χ2v) is 6.12. The van der Waals surface area contributed by atoms with E-state index in [2.05, 4.69) is 82.4 Å². The van der Waals surface area contributed by atoms with Crippen molar-refractivity contribution in [1.82, 2.24) is 0 Å². The first-order valence-electron chi connectivity index (χ1n) is 11.4. The van der Waals surface area contributed by atoms with Crippen LogP contribution in [0.15, 0.2) is 42.5 Å². The van der Waals surface area contributed by atoms with Gasteiger partial charge in [-0.1, -0.05) is 104 Å². The van der Waals surface area contributed by atoms with E-state index in [1.807, 2.05) is 27.7 Å². The summed E-state index contributed by atoms with van der Waals surface area (Å²) in [5.74, 6) is 0. The van der Waals surface area contributed by atoms with E-state index in [4.69, 9.17) is 0 Å². The summed E-state index contributed by atoms with van der Waals surface area (Å²) in [6.07, 6.45) is 5.18. The van der Waals surface area contributed by atoms with Crippen LogP contribution in [0.1, 0.15) is 90.0 Å². The Morgan fingerprint density at radius 3 is 1.62 bits per heavy atom. The number of benzene rings is 2. The minimum atomic E-state index is 0.500. The number of alkyl halides is 1. The maximum absolute atomic E-state index is 9.50. The first-order valence-corrected chi connectivity index (χ1v) is 11.4. The van der Waals surface area contributed by atoms with Gasteiger partial charge in [0, 0.05) is 12.2 Å². The van der Waals surface area contributed by atoms with Gasteiger partial charge in [0.25, 0.3) is 0 Å². The highest BCUT2D eigenvalue weighted by Gasteiger charge is 2.00. The number of hydrogen-bond donors (Lipinski definition) is 1. The van der Waals surface area contributed by atoms with Crippen molar-refractivity contribution in [3.05, 3.63) is 64.7 Å². The fraction of sp³-hybridized carbons (Fsp3) is 0.556. The molecule has 0 unspecified atom stereocenters. The normalized spacial score (nSPS) is 8.52. The summed E-state index contributed by atoms with van der Waals surface area (Å²) >= 11 is 0. The van der Waals surface area contributed by atoms with Gasteiger partial charge in [0.15, 0.2) is 0 Å². The molecule has 0 radical (unpaired) electrons. The van der Waals surface area contributed by atoms with Crippen molar-refractivity contribution in [2.24, 2.45) is 0 Å². The molecule has 0 amide bonds. The molecule has 29 heavy (non-hydrogen) atoms. The third-order valence-electron chi connectivity index (χ3n) is 4.23. The lowest BCUT2D eigenvalue weighted by molar-refractivity contribution is 0.636. The minimum absolute atomic E-state index is 0.500. The fourth-order valence-electron chi connectivity index (χ4n) is 2.39. The molecule has 0 bridgehead atoms. The van der Waals surface area contributed by atoms with Gasteiger partial charge < -0.3 is 5.32 Å². The molecule has 2 rings (SSSR count). The van der Waals surface area contributed by atoms with E-state index in [1.54, 1.807) is 0 Å². The van der Waals surface area contributed by atoms with Crippen molar-refractivity contribution in [1.29, 1.82) is 0 Å². The number of nitrogens with one attached hydrogen (secondary N) is 1. The third kappa shape index (κ3) is 15.7. The van der Waals surface area contributed by atoms with Gasteiger partial charge in [-0.25, -0.2) is 0 Å². The Balaban J connectivity index is -0.000000521. The second-order valence-electron chi connectivity index (χ2n) is 6.12. The van der Waals surface area contributed by atoms with Crippen LogP contribution in [0.3, 0.4) is 0 Å². The molecule has 0 fully saturated rings. The van der Waals surface area contributed by atoms with E-state index in [1.165, 1.54) is 47.2 Å². The van der Waals surface area contributed by atoms with Crippen LogP contribution < -0.4 is 5.32 Å². The Morgan fingerprint density at radius 1 is 0.724 bits per heavy atom. The SMILES string of the molecule is CC.CC.CCCCC.CCc1ccc(CNc2cccc(C)c2C)cc1.CF. The zero-order valence-corrected chi connectivity index (χ0v) is 21.0. The molecule has 168 valence electrons. The number of anilines is 1. The van der Waals surface area contributed by atoms with Crippen molar-refractivity contribution in [2.75, 3.05) is 12.5 Å². The van der Waals surface area contributed by atoms with Gasteiger partial charge in [0.2, 0.25) is 0 Å². The van der Waals surface area contributed by atoms with Crippen LogP contribution in [0.25, 0.3) is 0 Å². The van der Waals surface area contributed by atoms with Crippen LogP contribution in [0.5, 0.6) is 0 Å². The zero-order chi connectivity index (χ0) is 23.1. The Labute approximate surface area is 182 Å². The van der Waals surface area contributed by atoms with Gasteiger partial charge >= 0.3 is 0 Å². The van der Waals surface area contributed by atoms with Crippen molar-refractivity contribution in [2.45, 2.75) is 94.5 Å². The van der Waals surface area contributed by atoms with E-state index >= 15 is 0 Å². The maximum Gasteiger partial charge on any atom is 0.0785 e. The van der Waals surface area contributed by atoms with E-state index in [0.717, 1.165) is 13.0 Å². The average Bonchev–Trinajstić information content (AvgIpc) is 2.80. The average molecular weight is 406 g/mol. The van der Waals surface area contributed by atoms with Crippen LogP contribution in [-0.4, -0.2) is 7.18 Å². The first kappa shape index (κ1) is 31.9. The van der Waals surface area contributed by atoms with Gasteiger partial charge in [-0.15, -0.1) is 0 Å². The molecule has 0 saturated heterocycles. The van der Waals surface area contributed by atoms with E-state index < -0.39 is 0 Å². The predicted octanol–water partition coefficient (Wildman–Crippen LogP) is 9.31. The Hall–Kier alpha value is -1.83. The first-order chi connectivity index (χ1) is 14.1. The molecular formula is C27H48FN. The van der Waals surface area contributed by atoms with Gasteiger partial charge in [-0.05, 0) is 48.6 Å². The lowest BCUT2D eigenvalue weighted by Gasteiger charge is -2.11. The number of rotatable bonds is 6. The summed E-state index contributed by atoms with van der Waals surface area (Å²) < 4.78 is 9.50. The molecule has 0 aromatic heterocycles. The number of hydrogen-bond acceptors (Lipinski definition) is 1. The molecular weight excluding hydrogens is 357 g/mol. The second kappa shape index (κ2) is 24.2. The van der Waals surface area contributed by atoms with Gasteiger partial charge in [0.1, 0.15) is 0 Å². The largest absolute Gasteiger partial charge is 0.381 e. The Morgan fingerprint density at radius 2 is 1.21 bits per heavy atom. The molecule has 0 atom stereocenters. The highest BCUT2D eigenvalue weighted by molar-refractivity contribution is 5.53. The molecule has 1 N–H and O–H groups in total. The molecule has 0 spiro atoms. The summed E-state index contributed by atoms with van der Waals surface area (Å²) in [6.45, 7) is 19.8. The molecule has 0 saturated carbocycles. The van der Waals surface area contributed by atoms with Crippen molar-refractivity contribution < 1.29 is 4.39 Å². The van der Waals surface area contributed by atoms with Crippen LogP contribution in [-0.2, 0) is 13.0 Å². The summed E-state index contributed by atoms with van der Waals surface area (Å²) in [7, 11) is 0.500. The predicted molar refractivity (Wildman–Crippen MR) is 134 cm³/mol. The van der Waals surface area contributed by atoms with Crippen LogP contribution in [0, 0.1) is 13.8 Å². The van der Waals surface area contributed by atoms with Gasteiger partial charge in [-0.2, -0.15) is 0 Å². The molecule has 2 aromatic rings. The Bertz CT molecular complexity index is 559. The standard InChI is InChI=1S/C17H21N.C5H12.2C2H6.CH3F/c1-4-15-8-10-16(11-9-15)12-18-17-7-5-6-13(2)14(17)3;1-3-5-4-2;3*1-2/h5-11,18H,4,12H2,1-3H3;3-5H2,1-2H3;2*1-2H3;1H3. The van der Waals surface area contributed by atoms with Crippen LogP contribution in [0.2, 0.25) is 0 Å². The lowest BCUT2D eigenvalue weighted by atomic mass is 10.1. The summed E-state index contributed by atoms with van der Waals surface area (Å²) in [6, 6.07) is 15.2. The number of aryl methyl sites for hydroxylation is 2. The highest BCUT2D eigenvalue weighted by atomic mass is 19.1. The van der Waals surface area contributed by atoms with Crippen LogP contribution in [0.4, 0.5) is 10.1 Å². The van der Waals surface area contributed by atoms with Gasteiger partial charge in [0.05, 0.1) is 7.18 Å². The maximum atomic E-state index is 9.50. The van der Waals surface area contributed by atoms with E-state index in [0.29, 0.717) is 7.18 Å². The summed E-state index contributed by atoms with van der Waals surface area (Å²) in [5.41, 5.74) is 6.62. The highest BCUT2D eigenvalue weighted by Crippen LogP contribution is 2.18.